The molecule has 0 N–H and O–H groups in total. The number of benzene rings is 1. The number of piperidine rings is 2. The second kappa shape index (κ2) is 16.2. The number of carbonyl (C=O) groups excluding carboxylic acids is 1. The van der Waals surface area contributed by atoms with E-state index in [2.05, 4.69) is 27.9 Å². The molecule has 3 fully saturated rings. The molecule has 12 heteroatoms. The quantitative estimate of drug-likeness (QED) is 0.296. The van der Waals surface area contributed by atoms with Gasteiger partial charge < -0.3 is 28.9 Å². The summed E-state index contributed by atoms with van der Waals surface area (Å²) in [5.74, 6) is 0.561. The molecule has 0 radical (unpaired) electrons. The average molecular weight is 672 g/mol. The van der Waals surface area contributed by atoms with E-state index in [0.29, 0.717) is 67.3 Å². The van der Waals surface area contributed by atoms with E-state index in [9.17, 15) is 13.2 Å². The minimum Gasteiger partial charge on any atom is -0.497 e. The molecule has 1 amide bonds. The Morgan fingerprint density at radius 1 is 1.02 bits per heavy atom. The van der Waals surface area contributed by atoms with E-state index in [1.54, 1.807) is 43.6 Å². The number of piperazine rings is 1. The van der Waals surface area contributed by atoms with Gasteiger partial charge in [0.2, 0.25) is 15.9 Å². The zero-order chi connectivity index (χ0) is 33.4. The maximum atomic E-state index is 13.9. The molecule has 1 unspecified atom stereocenters. The molecule has 0 aliphatic carbocycles. The van der Waals surface area contributed by atoms with Crippen LogP contribution in [-0.2, 0) is 29.9 Å². The van der Waals surface area contributed by atoms with Gasteiger partial charge in [-0.2, -0.15) is 4.31 Å². The van der Waals surface area contributed by atoms with Gasteiger partial charge in [0.1, 0.15) is 12.4 Å². The Hall–Kier alpha value is -2.61. The average Bonchev–Trinajstić information content (AvgIpc) is 3.08. The third-order valence-corrected chi connectivity index (χ3v) is 12.3. The van der Waals surface area contributed by atoms with E-state index < -0.39 is 15.6 Å². The summed E-state index contributed by atoms with van der Waals surface area (Å²) < 4.78 is 47.3. The number of hydrogen-bond donors (Lipinski definition) is 0. The summed E-state index contributed by atoms with van der Waals surface area (Å²) in [6.45, 7) is 11.4. The van der Waals surface area contributed by atoms with Crippen molar-refractivity contribution in [1.29, 1.82) is 0 Å². The largest absolute Gasteiger partial charge is 0.497 e. The van der Waals surface area contributed by atoms with Gasteiger partial charge >= 0.3 is 0 Å². The molecule has 3 saturated heterocycles. The lowest BCUT2D eigenvalue weighted by atomic mass is 9.85. The van der Waals surface area contributed by atoms with Crippen molar-refractivity contribution in [3.05, 3.63) is 53.3 Å². The summed E-state index contributed by atoms with van der Waals surface area (Å²) in [6, 6.07) is 7.22. The van der Waals surface area contributed by atoms with Crippen LogP contribution in [0, 0.1) is 13.8 Å². The topological polar surface area (TPSA) is 105 Å². The van der Waals surface area contributed by atoms with E-state index in [1.807, 2.05) is 17.2 Å². The molecule has 2 aromatic rings. The molecule has 5 rings (SSSR count). The van der Waals surface area contributed by atoms with Crippen LogP contribution in [-0.4, -0.2) is 131 Å². The van der Waals surface area contributed by atoms with Gasteiger partial charge in [-0.15, -0.1) is 0 Å². The Balaban J connectivity index is 1.14. The number of likely N-dealkylation sites (tertiary alicyclic amines) is 1. The van der Waals surface area contributed by atoms with Crippen LogP contribution in [0.25, 0.3) is 0 Å². The number of methoxy groups -OCH3 is 1. The number of rotatable bonds is 13. The Bertz CT molecular complexity index is 1400. The highest BCUT2D eigenvalue weighted by Crippen LogP contribution is 2.37. The normalized spacial score (nSPS) is 21.5. The Morgan fingerprint density at radius 2 is 1.74 bits per heavy atom. The number of ether oxygens (including phenoxy) is 3. The van der Waals surface area contributed by atoms with Gasteiger partial charge in [0.25, 0.3) is 0 Å². The summed E-state index contributed by atoms with van der Waals surface area (Å²) in [5.41, 5.74) is 1.91. The predicted octanol–water partition coefficient (Wildman–Crippen LogP) is 3.44. The summed E-state index contributed by atoms with van der Waals surface area (Å²) in [7, 11) is 0.000965. The van der Waals surface area contributed by atoms with Gasteiger partial charge in [-0.3, -0.25) is 9.78 Å². The molecular weight excluding hydrogens is 618 g/mol. The fraction of sp³-hybridized carbons (Fsp3) is 0.657. The molecule has 0 bridgehead atoms. The summed E-state index contributed by atoms with van der Waals surface area (Å²) >= 11 is 0. The standard InChI is InChI=1S/C35H53N5O6S/c1-28-23-32(44-4)24-29(2)34(28)47(42,43)40-15-6-5-10-31(40)26-45-27-33(41)39-16-11-35(12-17-39,30-9-7-13-36-25-30)46-22-8-14-38-20-18-37(3)19-21-38/h7,9,13,23-25,31H,5-6,8,10-12,14-22,26-27H2,1-4H3. The highest BCUT2D eigenvalue weighted by molar-refractivity contribution is 7.89. The van der Waals surface area contributed by atoms with Gasteiger partial charge in [-0.25, -0.2) is 8.42 Å². The maximum absolute atomic E-state index is 13.9. The summed E-state index contributed by atoms with van der Waals surface area (Å²) in [5, 5.41) is 0. The Labute approximate surface area is 281 Å². The molecule has 1 atom stereocenters. The molecule has 1 aromatic carbocycles. The number of aryl methyl sites for hydroxylation is 2. The van der Waals surface area contributed by atoms with Crippen LogP contribution >= 0.6 is 0 Å². The third kappa shape index (κ3) is 8.71. The van der Waals surface area contributed by atoms with E-state index in [4.69, 9.17) is 14.2 Å². The van der Waals surface area contributed by atoms with Crippen LogP contribution in [0.1, 0.15) is 55.2 Å². The van der Waals surface area contributed by atoms with Crippen molar-refractivity contribution in [2.75, 3.05) is 86.3 Å². The number of sulfonamides is 1. The van der Waals surface area contributed by atoms with Crippen LogP contribution in [0.2, 0.25) is 0 Å². The molecule has 260 valence electrons. The lowest BCUT2D eigenvalue weighted by Gasteiger charge is -2.42. The number of likely N-dealkylation sites (N-methyl/N-ethyl adjacent to an activating group) is 1. The van der Waals surface area contributed by atoms with Gasteiger partial charge in [-0.05, 0) is 82.3 Å². The molecule has 11 nitrogen and oxygen atoms in total. The minimum atomic E-state index is -3.75. The van der Waals surface area contributed by atoms with E-state index >= 15 is 0 Å². The van der Waals surface area contributed by atoms with Crippen LogP contribution in [0.15, 0.2) is 41.6 Å². The van der Waals surface area contributed by atoms with Crippen LogP contribution in [0.5, 0.6) is 5.75 Å². The van der Waals surface area contributed by atoms with Crippen molar-refractivity contribution >= 4 is 15.9 Å². The first-order chi connectivity index (χ1) is 22.6. The smallest absolute Gasteiger partial charge is 0.248 e. The van der Waals surface area contributed by atoms with Gasteiger partial charge in [0.15, 0.2) is 0 Å². The van der Waals surface area contributed by atoms with Crippen LogP contribution < -0.4 is 4.74 Å². The maximum Gasteiger partial charge on any atom is 0.248 e. The van der Waals surface area contributed by atoms with Gasteiger partial charge in [-0.1, -0.05) is 12.5 Å². The number of hydrogen-bond acceptors (Lipinski definition) is 9. The lowest BCUT2D eigenvalue weighted by molar-refractivity contribution is -0.144. The van der Waals surface area contributed by atoms with Crippen LogP contribution in [0.3, 0.4) is 0 Å². The molecule has 3 aliphatic heterocycles. The number of pyridine rings is 1. The molecule has 47 heavy (non-hydrogen) atoms. The first-order valence-electron chi connectivity index (χ1n) is 17.1. The van der Waals surface area contributed by atoms with E-state index in [0.717, 1.165) is 57.5 Å². The Kier molecular flexibility index (Phi) is 12.3. The fourth-order valence-electron chi connectivity index (χ4n) is 7.28. The minimum absolute atomic E-state index is 0.0727. The first kappa shape index (κ1) is 35.7. The molecule has 4 heterocycles. The second-order valence-corrected chi connectivity index (χ2v) is 15.2. The predicted molar refractivity (Wildman–Crippen MR) is 181 cm³/mol. The van der Waals surface area contributed by atoms with Crippen LogP contribution in [0.4, 0.5) is 0 Å². The number of aromatic nitrogens is 1. The zero-order valence-electron chi connectivity index (χ0n) is 28.7. The first-order valence-corrected chi connectivity index (χ1v) is 18.5. The van der Waals surface area contributed by atoms with Crippen molar-refractivity contribution in [2.24, 2.45) is 0 Å². The molecular formula is C35H53N5O6S. The van der Waals surface area contributed by atoms with E-state index in [-0.39, 0.29) is 25.2 Å². The van der Waals surface area contributed by atoms with Crippen molar-refractivity contribution in [1.82, 2.24) is 24.0 Å². The van der Waals surface area contributed by atoms with Crippen molar-refractivity contribution in [3.8, 4) is 5.75 Å². The summed E-state index contributed by atoms with van der Waals surface area (Å²) in [4.78, 5) is 24.7. The second-order valence-electron chi connectivity index (χ2n) is 13.3. The van der Waals surface area contributed by atoms with Crippen molar-refractivity contribution in [2.45, 2.75) is 68.9 Å². The highest BCUT2D eigenvalue weighted by atomic mass is 32.2. The van der Waals surface area contributed by atoms with Gasteiger partial charge in [0.05, 0.1) is 24.2 Å². The fourth-order valence-corrected chi connectivity index (χ4v) is 9.37. The van der Waals surface area contributed by atoms with E-state index in [1.165, 1.54) is 0 Å². The lowest BCUT2D eigenvalue weighted by Crippen LogP contribution is -2.49. The molecule has 0 spiro atoms. The Morgan fingerprint density at radius 3 is 2.40 bits per heavy atom. The molecule has 1 aromatic heterocycles. The highest BCUT2D eigenvalue weighted by Gasteiger charge is 2.39. The summed E-state index contributed by atoms with van der Waals surface area (Å²) in [6.07, 6.45) is 8.43. The number of nitrogens with zero attached hydrogens (tertiary/aromatic N) is 5. The van der Waals surface area contributed by atoms with Gasteiger partial charge in [0, 0.05) is 83.0 Å². The third-order valence-electron chi connectivity index (χ3n) is 10.0. The number of carbonyl (C=O) groups is 1. The zero-order valence-corrected chi connectivity index (χ0v) is 29.5. The SMILES string of the molecule is COc1cc(C)c(S(=O)(=O)N2CCCCC2COCC(=O)N2CCC(OCCCN3CCN(C)CC3)(c3cccnc3)CC2)c(C)c1. The monoisotopic (exact) mass is 671 g/mol. The number of amides is 1. The molecule has 3 aliphatic rings. The molecule has 0 saturated carbocycles. The van der Waals surface area contributed by atoms with Crippen molar-refractivity contribution < 1.29 is 27.4 Å². The van der Waals surface area contributed by atoms with Crippen molar-refractivity contribution in [3.63, 3.8) is 0 Å².